The molecule has 1 heterocycles. The van der Waals surface area contributed by atoms with Crippen LogP contribution in [0.4, 0.5) is 4.79 Å². The Labute approximate surface area is 137 Å². The molecule has 2 rings (SSSR count). The predicted molar refractivity (Wildman–Crippen MR) is 89.9 cm³/mol. The second-order valence-electron chi connectivity index (χ2n) is 5.92. The van der Waals surface area contributed by atoms with Gasteiger partial charge < -0.3 is 10.6 Å². The number of benzene rings is 1. The summed E-state index contributed by atoms with van der Waals surface area (Å²) in [7, 11) is 0. The van der Waals surface area contributed by atoms with E-state index in [9.17, 15) is 4.79 Å². The van der Waals surface area contributed by atoms with Crippen LogP contribution in [0.3, 0.4) is 0 Å². The molecule has 0 fully saturated rings. The molecule has 23 heavy (non-hydrogen) atoms. The number of carbonyl (C=O) groups is 1. The molecule has 0 saturated heterocycles. The summed E-state index contributed by atoms with van der Waals surface area (Å²) in [5.74, 6) is 0.302. The maximum atomic E-state index is 12.0. The quantitative estimate of drug-likeness (QED) is 0.734. The summed E-state index contributed by atoms with van der Waals surface area (Å²) in [5.41, 5.74) is 1.29. The number of amides is 2. The fraction of sp³-hybridized carbons (Fsp3) is 0.471. The zero-order chi connectivity index (χ0) is 16.5. The molecule has 1 aromatic heterocycles. The van der Waals surface area contributed by atoms with Crippen molar-refractivity contribution in [1.82, 2.24) is 25.6 Å². The minimum atomic E-state index is -0.135. The van der Waals surface area contributed by atoms with Crippen molar-refractivity contribution >= 4 is 6.03 Å². The van der Waals surface area contributed by atoms with E-state index in [0.717, 1.165) is 12.8 Å². The zero-order valence-electron chi connectivity index (χ0n) is 13.8. The van der Waals surface area contributed by atoms with Crippen LogP contribution in [0.15, 0.2) is 42.7 Å². The van der Waals surface area contributed by atoms with Crippen molar-refractivity contribution in [2.45, 2.75) is 39.3 Å². The molecule has 6 heteroatoms. The summed E-state index contributed by atoms with van der Waals surface area (Å²) in [6.45, 7) is 5.38. The second kappa shape index (κ2) is 8.92. The highest BCUT2D eigenvalue weighted by Gasteiger charge is 2.17. The Morgan fingerprint density at radius 1 is 1.17 bits per heavy atom. The van der Waals surface area contributed by atoms with E-state index >= 15 is 0 Å². The summed E-state index contributed by atoms with van der Waals surface area (Å²) in [6, 6.07) is 10.1. The molecule has 2 amide bonds. The first-order valence-electron chi connectivity index (χ1n) is 8.07. The Bertz CT molecular complexity index is 568. The van der Waals surface area contributed by atoms with Crippen LogP contribution in [0, 0.1) is 5.92 Å². The lowest BCUT2D eigenvalue weighted by Gasteiger charge is -2.22. The van der Waals surface area contributed by atoms with Gasteiger partial charge in [-0.15, -0.1) is 0 Å². The second-order valence-corrected chi connectivity index (χ2v) is 5.92. The summed E-state index contributed by atoms with van der Waals surface area (Å²) < 4.78 is 0. The maximum Gasteiger partial charge on any atom is 0.315 e. The molecular formula is C17H25N5O. The van der Waals surface area contributed by atoms with Gasteiger partial charge in [0.1, 0.15) is 0 Å². The van der Waals surface area contributed by atoms with Gasteiger partial charge in [-0.2, -0.15) is 15.0 Å². The smallest absolute Gasteiger partial charge is 0.315 e. The highest BCUT2D eigenvalue weighted by Crippen LogP contribution is 2.04. The molecule has 0 aliphatic heterocycles. The number of urea groups is 1. The fourth-order valence-corrected chi connectivity index (χ4v) is 2.30. The summed E-state index contributed by atoms with van der Waals surface area (Å²) in [5, 5.41) is 14.1. The molecule has 2 aromatic rings. The van der Waals surface area contributed by atoms with Gasteiger partial charge in [0.05, 0.1) is 25.0 Å². The molecule has 1 atom stereocenters. The molecule has 124 valence electrons. The predicted octanol–water partition coefficient (Wildman–Crippen LogP) is 2.23. The average Bonchev–Trinajstić information content (AvgIpc) is 3.05. The van der Waals surface area contributed by atoms with Crippen LogP contribution in [0.25, 0.3) is 0 Å². The van der Waals surface area contributed by atoms with Crippen LogP contribution >= 0.6 is 0 Å². The lowest BCUT2D eigenvalue weighted by Crippen LogP contribution is -2.47. The van der Waals surface area contributed by atoms with Gasteiger partial charge in [0.15, 0.2) is 0 Å². The van der Waals surface area contributed by atoms with Crippen molar-refractivity contribution < 1.29 is 4.79 Å². The van der Waals surface area contributed by atoms with Crippen LogP contribution in [-0.2, 0) is 13.0 Å². The van der Waals surface area contributed by atoms with Crippen molar-refractivity contribution in [1.29, 1.82) is 0 Å². The van der Waals surface area contributed by atoms with E-state index in [1.54, 1.807) is 17.2 Å². The van der Waals surface area contributed by atoms with Gasteiger partial charge in [0.2, 0.25) is 0 Å². The summed E-state index contributed by atoms with van der Waals surface area (Å²) in [4.78, 5) is 13.6. The number of aryl methyl sites for hydroxylation is 1. The third kappa shape index (κ3) is 6.10. The van der Waals surface area contributed by atoms with Gasteiger partial charge in [0, 0.05) is 6.54 Å². The molecule has 1 unspecified atom stereocenters. The van der Waals surface area contributed by atoms with Gasteiger partial charge in [-0.25, -0.2) is 4.79 Å². The third-order valence-corrected chi connectivity index (χ3v) is 3.72. The molecule has 0 bridgehead atoms. The SMILES string of the molecule is CC(C)C(Cn1nccn1)NC(=O)NCCCc1ccccc1. The number of carbonyl (C=O) groups excluding carboxylic acids is 1. The van der Waals surface area contributed by atoms with E-state index in [2.05, 4.69) is 46.8 Å². The van der Waals surface area contributed by atoms with Crippen molar-refractivity contribution in [2.24, 2.45) is 5.92 Å². The molecule has 0 aliphatic rings. The average molecular weight is 315 g/mol. The highest BCUT2D eigenvalue weighted by atomic mass is 16.2. The van der Waals surface area contributed by atoms with Crippen molar-refractivity contribution in [3.05, 3.63) is 48.3 Å². The first-order valence-corrected chi connectivity index (χ1v) is 8.07. The van der Waals surface area contributed by atoms with Gasteiger partial charge in [0.25, 0.3) is 0 Å². The van der Waals surface area contributed by atoms with Gasteiger partial charge in [-0.05, 0) is 24.3 Å². The minimum Gasteiger partial charge on any atom is -0.338 e. The molecule has 0 spiro atoms. The van der Waals surface area contributed by atoms with Gasteiger partial charge in [-0.1, -0.05) is 44.2 Å². The van der Waals surface area contributed by atoms with Crippen molar-refractivity contribution in [2.75, 3.05) is 6.54 Å². The lowest BCUT2D eigenvalue weighted by molar-refractivity contribution is 0.228. The molecular weight excluding hydrogens is 290 g/mol. The Morgan fingerprint density at radius 2 is 1.87 bits per heavy atom. The van der Waals surface area contributed by atoms with Crippen LogP contribution < -0.4 is 10.6 Å². The first-order chi connectivity index (χ1) is 11.1. The number of hydrogen-bond acceptors (Lipinski definition) is 3. The monoisotopic (exact) mass is 315 g/mol. The Morgan fingerprint density at radius 3 is 2.52 bits per heavy atom. The zero-order valence-corrected chi connectivity index (χ0v) is 13.8. The van der Waals surface area contributed by atoms with E-state index < -0.39 is 0 Å². The Kier molecular flexibility index (Phi) is 6.59. The van der Waals surface area contributed by atoms with E-state index in [1.807, 2.05) is 18.2 Å². The molecule has 2 N–H and O–H groups in total. The number of rotatable bonds is 8. The highest BCUT2D eigenvalue weighted by molar-refractivity contribution is 5.74. The Balaban J connectivity index is 1.69. The van der Waals surface area contributed by atoms with Crippen LogP contribution in [0.1, 0.15) is 25.8 Å². The normalized spacial score (nSPS) is 12.1. The van der Waals surface area contributed by atoms with E-state index in [4.69, 9.17) is 0 Å². The first kappa shape index (κ1) is 17.0. The summed E-state index contributed by atoms with van der Waals surface area (Å²) >= 11 is 0. The van der Waals surface area contributed by atoms with E-state index in [0.29, 0.717) is 19.0 Å². The van der Waals surface area contributed by atoms with Crippen LogP contribution in [0.2, 0.25) is 0 Å². The maximum absolute atomic E-state index is 12.0. The van der Waals surface area contributed by atoms with Gasteiger partial charge in [-0.3, -0.25) is 0 Å². The number of hydrogen-bond donors (Lipinski definition) is 2. The molecule has 1 aromatic carbocycles. The summed E-state index contributed by atoms with van der Waals surface area (Å²) in [6.07, 6.45) is 5.17. The topological polar surface area (TPSA) is 71.8 Å². The van der Waals surface area contributed by atoms with Crippen LogP contribution in [0.5, 0.6) is 0 Å². The molecule has 0 radical (unpaired) electrons. The largest absolute Gasteiger partial charge is 0.338 e. The number of nitrogens with zero attached hydrogens (tertiary/aromatic N) is 3. The van der Waals surface area contributed by atoms with Crippen molar-refractivity contribution in [3.8, 4) is 0 Å². The molecule has 0 aliphatic carbocycles. The van der Waals surface area contributed by atoms with E-state index in [-0.39, 0.29) is 12.1 Å². The third-order valence-electron chi connectivity index (χ3n) is 3.72. The minimum absolute atomic E-state index is 0.00322. The number of nitrogens with one attached hydrogen (secondary N) is 2. The molecule has 0 saturated carbocycles. The van der Waals surface area contributed by atoms with Crippen LogP contribution in [-0.4, -0.2) is 33.6 Å². The fourth-order valence-electron chi connectivity index (χ4n) is 2.30. The lowest BCUT2D eigenvalue weighted by atomic mass is 10.1. The van der Waals surface area contributed by atoms with Crippen molar-refractivity contribution in [3.63, 3.8) is 0 Å². The Hall–Kier alpha value is -2.37. The van der Waals surface area contributed by atoms with Gasteiger partial charge >= 0.3 is 6.03 Å². The van der Waals surface area contributed by atoms with E-state index in [1.165, 1.54) is 5.56 Å². The number of aromatic nitrogens is 3. The standard InChI is InChI=1S/C17H25N5O/c1-14(2)16(13-22-19-11-12-20-22)21-17(23)18-10-6-9-15-7-4-3-5-8-15/h3-5,7-8,11-12,14,16H,6,9-10,13H2,1-2H3,(H2,18,21,23). The molecule has 6 nitrogen and oxygen atoms in total.